The molecule has 0 atom stereocenters. The molecule has 6 nitrogen and oxygen atoms in total. The first-order chi connectivity index (χ1) is 11.3. The third kappa shape index (κ3) is 2.68. The van der Waals surface area contributed by atoms with Crippen LogP contribution in [0.25, 0.3) is 22.5 Å². The van der Waals surface area contributed by atoms with Gasteiger partial charge in [-0.25, -0.2) is 9.97 Å². The number of allylic oxidation sites excluding steroid dienone is 1. The first-order valence-corrected chi connectivity index (χ1v) is 6.95. The van der Waals surface area contributed by atoms with Crippen LogP contribution < -0.4 is 5.73 Å². The quantitative estimate of drug-likeness (QED) is 0.751. The summed E-state index contributed by atoms with van der Waals surface area (Å²) in [6.45, 7) is 0. The Labute approximate surface area is 133 Å². The van der Waals surface area contributed by atoms with Crippen LogP contribution in [0.3, 0.4) is 0 Å². The molecule has 3 aromatic heterocycles. The van der Waals surface area contributed by atoms with Crippen LogP contribution in [-0.4, -0.2) is 27.6 Å². The van der Waals surface area contributed by atoms with E-state index in [0.717, 1.165) is 22.3 Å². The van der Waals surface area contributed by atoms with Crippen LogP contribution in [0.5, 0.6) is 0 Å². The maximum absolute atomic E-state index is 9.14. The molecular weight excluding hydrogens is 288 g/mol. The van der Waals surface area contributed by atoms with E-state index in [1.165, 1.54) is 6.20 Å². The molecule has 3 heterocycles. The van der Waals surface area contributed by atoms with Gasteiger partial charge in [0.1, 0.15) is 17.4 Å². The van der Waals surface area contributed by atoms with E-state index in [4.69, 9.17) is 11.0 Å². The Morgan fingerprint density at radius 2 is 2.22 bits per heavy atom. The first-order valence-electron chi connectivity index (χ1n) is 6.95. The predicted octanol–water partition coefficient (Wildman–Crippen LogP) is 2.27. The van der Waals surface area contributed by atoms with Crippen molar-refractivity contribution in [2.75, 3.05) is 7.05 Å². The lowest BCUT2D eigenvalue weighted by Gasteiger charge is -2.10. The van der Waals surface area contributed by atoms with Crippen molar-refractivity contribution in [3.05, 3.63) is 60.3 Å². The van der Waals surface area contributed by atoms with E-state index >= 15 is 0 Å². The molecular formula is C17H14N6. The molecule has 0 fully saturated rings. The molecule has 0 radical (unpaired) electrons. The minimum absolute atomic E-state index is 0.344. The summed E-state index contributed by atoms with van der Waals surface area (Å²) in [7, 11) is 1.68. The summed E-state index contributed by atoms with van der Waals surface area (Å²) in [4.78, 5) is 12.8. The minimum atomic E-state index is 0.344. The lowest BCUT2D eigenvalue weighted by Crippen LogP contribution is -1.99. The second-order valence-corrected chi connectivity index (χ2v) is 4.82. The van der Waals surface area contributed by atoms with Crippen molar-refractivity contribution in [3.63, 3.8) is 0 Å². The number of imidazole rings is 1. The normalized spacial score (nSPS) is 11.9. The molecule has 2 N–H and O–H groups in total. The number of hydrogen-bond acceptors (Lipinski definition) is 5. The summed E-state index contributed by atoms with van der Waals surface area (Å²) >= 11 is 0. The smallest absolute Gasteiger partial charge is 0.141 e. The van der Waals surface area contributed by atoms with E-state index in [-0.39, 0.29) is 0 Å². The molecule has 0 saturated carbocycles. The first kappa shape index (κ1) is 14.5. The van der Waals surface area contributed by atoms with Crippen molar-refractivity contribution in [1.29, 1.82) is 5.26 Å². The highest BCUT2D eigenvalue weighted by molar-refractivity contribution is 6.11. The van der Waals surface area contributed by atoms with Gasteiger partial charge < -0.3 is 10.1 Å². The molecule has 3 rings (SSSR count). The fraction of sp³-hybridized carbons (Fsp3) is 0.0588. The van der Waals surface area contributed by atoms with Gasteiger partial charge in [0, 0.05) is 54.8 Å². The zero-order chi connectivity index (χ0) is 16.2. The van der Waals surface area contributed by atoms with Gasteiger partial charge in [-0.15, -0.1) is 0 Å². The highest BCUT2D eigenvalue weighted by Gasteiger charge is 2.12. The lowest BCUT2D eigenvalue weighted by molar-refractivity contribution is 1.18. The molecule has 23 heavy (non-hydrogen) atoms. The van der Waals surface area contributed by atoms with Crippen molar-refractivity contribution in [1.82, 2.24) is 14.4 Å². The largest absolute Gasteiger partial charge is 0.404 e. The molecule has 0 bridgehead atoms. The van der Waals surface area contributed by atoms with Crippen LogP contribution in [0, 0.1) is 11.3 Å². The fourth-order valence-electron chi connectivity index (χ4n) is 2.37. The topological polar surface area (TPSA) is 92.4 Å². The van der Waals surface area contributed by atoms with Gasteiger partial charge in [-0.05, 0) is 24.3 Å². The second-order valence-electron chi connectivity index (χ2n) is 4.82. The van der Waals surface area contributed by atoms with Gasteiger partial charge in [0.25, 0.3) is 0 Å². The van der Waals surface area contributed by atoms with Gasteiger partial charge in [-0.1, -0.05) is 0 Å². The Morgan fingerprint density at radius 3 is 2.96 bits per heavy atom. The van der Waals surface area contributed by atoms with Gasteiger partial charge in [0.2, 0.25) is 0 Å². The Morgan fingerprint density at radius 1 is 1.35 bits per heavy atom. The summed E-state index contributed by atoms with van der Waals surface area (Å²) in [6.07, 6.45) is 8.65. The third-order valence-electron chi connectivity index (χ3n) is 3.44. The summed E-state index contributed by atoms with van der Waals surface area (Å²) in [6, 6.07) is 9.42. The molecule has 0 aromatic carbocycles. The number of fused-ring (bicyclic) bond motifs is 1. The number of nitrogens with two attached hydrogens (primary N) is 1. The van der Waals surface area contributed by atoms with Crippen molar-refractivity contribution in [2.24, 2.45) is 10.7 Å². The van der Waals surface area contributed by atoms with Gasteiger partial charge in [-0.2, -0.15) is 5.26 Å². The van der Waals surface area contributed by atoms with Crippen LogP contribution >= 0.6 is 0 Å². The van der Waals surface area contributed by atoms with Crippen molar-refractivity contribution in [3.8, 4) is 17.3 Å². The van der Waals surface area contributed by atoms with E-state index < -0.39 is 0 Å². The molecule has 6 heteroatoms. The zero-order valence-corrected chi connectivity index (χ0v) is 12.5. The fourth-order valence-corrected chi connectivity index (χ4v) is 2.37. The second kappa shape index (κ2) is 6.12. The maximum Gasteiger partial charge on any atom is 0.141 e. The SMILES string of the molecule is CN=CC(=CN)c1ccc(C#N)nc1-c1ccn2ccnc2c1. The Kier molecular flexibility index (Phi) is 3.85. The molecule has 112 valence electrons. The Bertz CT molecular complexity index is 959. The molecule has 3 aromatic rings. The van der Waals surface area contributed by atoms with Crippen LogP contribution in [0.2, 0.25) is 0 Å². The van der Waals surface area contributed by atoms with Gasteiger partial charge >= 0.3 is 0 Å². The number of nitriles is 1. The zero-order valence-electron chi connectivity index (χ0n) is 12.5. The van der Waals surface area contributed by atoms with E-state index in [2.05, 4.69) is 21.0 Å². The highest BCUT2D eigenvalue weighted by atomic mass is 15.0. The summed E-state index contributed by atoms with van der Waals surface area (Å²) < 4.78 is 1.91. The number of nitrogens with zero attached hydrogens (tertiary/aromatic N) is 5. The molecule has 0 amide bonds. The molecule has 0 aliphatic heterocycles. The summed E-state index contributed by atoms with van der Waals surface area (Å²) in [5.41, 5.74) is 9.95. The lowest BCUT2D eigenvalue weighted by atomic mass is 10.0. The van der Waals surface area contributed by atoms with Crippen LogP contribution in [-0.2, 0) is 0 Å². The molecule has 0 saturated heterocycles. The number of pyridine rings is 2. The van der Waals surface area contributed by atoms with E-state index in [9.17, 15) is 0 Å². The van der Waals surface area contributed by atoms with Crippen LogP contribution in [0.1, 0.15) is 11.3 Å². The van der Waals surface area contributed by atoms with Gasteiger partial charge in [-0.3, -0.25) is 4.99 Å². The number of hydrogen-bond donors (Lipinski definition) is 1. The van der Waals surface area contributed by atoms with Crippen molar-refractivity contribution < 1.29 is 0 Å². The average molecular weight is 302 g/mol. The average Bonchev–Trinajstić information content (AvgIpc) is 3.07. The predicted molar refractivity (Wildman–Crippen MR) is 89.7 cm³/mol. The molecule has 0 spiro atoms. The maximum atomic E-state index is 9.14. The van der Waals surface area contributed by atoms with Crippen molar-refractivity contribution >= 4 is 17.4 Å². The van der Waals surface area contributed by atoms with Crippen molar-refractivity contribution in [2.45, 2.75) is 0 Å². The van der Waals surface area contributed by atoms with Gasteiger partial charge in [0.15, 0.2) is 0 Å². The van der Waals surface area contributed by atoms with Gasteiger partial charge in [0.05, 0.1) is 5.69 Å². The molecule has 0 aliphatic rings. The highest BCUT2D eigenvalue weighted by Crippen LogP contribution is 2.27. The van der Waals surface area contributed by atoms with Crippen LogP contribution in [0.4, 0.5) is 0 Å². The summed E-state index contributed by atoms with van der Waals surface area (Å²) in [5.74, 6) is 0. The summed E-state index contributed by atoms with van der Waals surface area (Å²) in [5, 5.41) is 9.14. The monoisotopic (exact) mass is 302 g/mol. The number of aliphatic imine (C=N–C) groups is 1. The molecule has 0 aliphatic carbocycles. The number of rotatable bonds is 3. The van der Waals surface area contributed by atoms with E-state index in [1.807, 2.05) is 35.0 Å². The van der Waals surface area contributed by atoms with Crippen LogP contribution in [0.15, 0.2) is 54.0 Å². The Balaban J connectivity index is 2.25. The van der Waals surface area contributed by atoms with E-state index in [1.54, 1.807) is 25.5 Å². The van der Waals surface area contributed by atoms with E-state index in [0.29, 0.717) is 11.4 Å². The standard InChI is InChI=1S/C17H14N6/c1-20-11-13(9-18)15-3-2-14(10-19)22-17(15)12-4-6-23-7-5-21-16(23)8-12/h2-9,11H,18H2,1H3. The minimum Gasteiger partial charge on any atom is -0.404 e. The number of aromatic nitrogens is 3. The molecule has 0 unspecified atom stereocenters. The third-order valence-corrected chi connectivity index (χ3v) is 3.44. The Hall–Kier alpha value is -3.46.